The molecule has 1 aromatic heterocycles. The Hall–Kier alpha value is -4.22. The third-order valence-electron chi connectivity index (χ3n) is 5.38. The van der Waals surface area contributed by atoms with Gasteiger partial charge in [0.05, 0.1) is 11.5 Å². The third kappa shape index (κ3) is 5.65. The van der Waals surface area contributed by atoms with E-state index >= 15 is 0 Å². The van der Waals surface area contributed by atoms with E-state index in [4.69, 9.17) is 10.5 Å². The van der Waals surface area contributed by atoms with Crippen LogP contribution in [0.3, 0.4) is 0 Å². The number of alkyl halides is 3. The zero-order chi connectivity index (χ0) is 25.2. The average Bonchev–Trinajstić information content (AvgIpc) is 3.20. The topological polar surface area (TPSA) is 123 Å². The van der Waals surface area contributed by atoms with Crippen molar-refractivity contribution in [1.82, 2.24) is 15.0 Å². The van der Waals surface area contributed by atoms with Crippen LogP contribution in [-0.2, 0) is 27.1 Å². The Morgan fingerprint density at radius 2 is 1.94 bits per heavy atom. The minimum absolute atomic E-state index is 0.0669. The van der Waals surface area contributed by atoms with E-state index in [0.717, 1.165) is 28.3 Å². The largest absolute Gasteiger partial charge is 0.457 e. The molecule has 1 atom stereocenters. The lowest BCUT2D eigenvalue weighted by atomic mass is 10.1. The van der Waals surface area contributed by atoms with Gasteiger partial charge in [-0.1, -0.05) is 24.3 Å². The molecular weight excluding hydrogens is 465 g/mol. The Bertz CT molecular complexity index is 1270. The van der Waals surface area contributed by atoms with E-state index in [1.165, 1.54) is 12.1 Å². The molecule has 0 aliphatic carbocycles. The normalized spacial score (nSPS) is 15.8. The number of nitrogens with zero attached hydrogens (tertiary/aromatic N) is 4. The van der Waals surface area contributed by atoms with Crippen LogP contribution in [0.2, 0.25) is 0 Å². The first-order valence-electron chi connectivity index (χ1n) is 10.6. The van der Waals surface area contributed by atoms with Gasteiger partial charge in [-0.2, -0.15) is 28.1 Å². The molecule has 3 aromatic rings. The molecule has 0 spiro atoms. The number of esters is 1. The summed E-state index contributed by atoms with van der Waals surface area (Å²) in [5.74, 6) is -1.82. The minimum Gasteiger partial charge on any atom is -0.457 e. The molecule has 0 unspecified atom stereocenters. The number of halogens is 3. The van der Waals surface area contributed by atoms with Gasteiger partial charge in [0.2, 0.25) is 17.8 Å². The molecule has 35 heavy (non-hydrogen) atoms. The maximum absolute atomic E-state index is 13.0. The van der Waals surface area contributed by atoms with E-state index in [1.54, 1.807) is 0 Å². The van der Waals surface area contributed by atoms with Crippen molar-refractivity contribution in [2.45, 2.75) is 26.1 Å². The second kappa shape index (κ2) is 9.57. The highest BCUT2D eigenvalue weighted by atomic mass is 19.4. The van der Waals surface area contributed by atoms with Gasteiger partial charge in [0.15, 0.2) is 12.4 Å². The fourth-order valence-electron chi connectivity index (χ4n) is 3.61. The first-order chi connectivity index (χ1) is 16.6. The number of hydrogen-bond acceptors (Lipinski definition) is 8. The van der Waals surface area contributed by atoms with Gasteiger partial charge in [-0.25, -0.2) is 0 Å². The number of benzene rings is 2. The number of rotatable bonds is 6. The molecule has 2 aromatic carbocycles. The molecular formula is C23H21F3N6O3. The van der Waals surface area contributed by atoms with Gasteiger partial charge < -0.3 is 20.7 Å². The van der Waals surface area contributed by atoms with Gasteiger partial charge in [0.25, 0.3) is 0 Å². The summed E-state index contributed by atoms with van der Waals surface area (Å²) in [6, 6.07) is 11.9. The quantitative estimate of drug-likeness (QED) is 0.507. The number of aromatic nitrogens is 3. The van der Waals surface area contributed by atoms with Crippen LogP contribution in [0, 0.1) is 12.8 Å². The highest BCUT2D eigenvalue weighted by Gasteiger charge is 2.37. The van der Waals surface area contributed by atoms with Crippen LogP contribution in [0.5, 0.6) is 0 Å². The molecule has 0 bridgehead atoms. The van der Waals surface area contributed by atoms with E-state index in [0.29, 0.717) is 0 Å². The molecule has 9 nitrogen and oxygen atoms in total. The molecule has 1 aliphatic heterocycles. The molecule has 0 radical (unpaired) electrons. The Balaban J connectivity index is 1.40. The van der Waals surface area contributed by atoms with E-state index < -0.39 is 29.5 Å². The van der Waals surface area contributed by atoms with Crippen molar-refractivity contribution in [3.63, 3.8) is 0 Å². The zero-order valence-electron chi connectivity index (χ0n) is 18.5. The maximum Gasteiger partial charge on any atom is 0.416 e. The van der Waals surface area contributed by atoms with Crippen LogP contribution >= 0.6 is 0 Å². The number of nitrogens with one attached hydrogen (secondary N) is 1. The summed E-state index contributed by atoms with van der Waals surface area (Å²) in [4.78, 5) is 38.3. The van der Waals surface area contributed by atoms with Crippen molar-refractivity contribution in [3.8, 4) is 0 Å². The Labute approximate surface area is 198 Å². The van der Waals surface area contributed by atoms with Crippen LogP contribution in [-0.4, -0.2) is 33.4 Å². The highest BCUT2D eigenvalue weighted by Crippen LogP contribution is 2.33. The van der Waals surface area contributed by atoms with E-state index in [9.17, 15) is 22.8 Å². The molecule has 1 saturated heterocycles. The number of aryl methyl sites for hydroxylation is 1. The van der Waals surface area contributed by atoms with Crippen molar-refractivity contribution >= 4 is 35.1 Å². The number of para-hydroxylation sites is 1. The van der Waals surface area contributed by atoms with Gasteiger partial charge in [-0.3, -0.25) is 9.59 Å². The van der Waals surface area contributed by atoms with Crippen LogP contribution in [0.15, 0.2) is 48.5 Å². The summed E-state index contributed by atoms with van der Waals surface area (Å²) in [5.41, 5.74) is 6.66. The molecule has 12 heteroatoms. The van der Waals surface area contributed by atoms with Gasteiger partial charge in [0, 0.05) is 24.3 Å². The molecule has 1 amide bonds. The summed E-state index contributed by atoms with van der Waals surface area (Å²) in [5, 5.41) is 3.03. The van der Waals surface area contributed by atoms with Gasteiger partial charge in [-0.05, 0) is 36.8 Å². The first-order valence-corrected chi connectivity index (χ1v) is 10.6. The van der Waals surface area contributed by atoms with Crippen molar-refractivity contribution in [1.29, 1.82) is 0 Å². The molecule has 3 N–H and O–H groups in total. The van der Waals surface area contributed by atoms with Gasteiger partial charge in [0.1, 0.15) is 0 Å². The number of anilines is 4. The van der Waals surface area contributed by atoms with Crippen molar-refractivity contribution in [2.75, 3.05) is 22.5 Å². The number of carbonyl (C=O) groups excluding carboxylic acids is 2. The summed E-state index contributed by atoms with van der Waals surface area (Å²) >= 11 is 0. The third-order valence-corrected chi connectivity index (χ3v) is 5.38. The predicted octanol–water partition coefficient (Wildman–Crippen LogP) is 3.62. The van der Waals surface area contributed by atoms with Crippen LogP contribution in [0.1, 0.15) is 23.4 Å². The number of amides is 1. The fourth-order valence-corrected chi connectivity index (χ4v) is 3.61. The second-order valence-electron chi connectivity index (χ2n) is 7.93. The van der Waals surface area contributed by atoms with E-state index in [-0.39, 0.29) is 43.0 Å². The van der Waals surface area contributed by atoms with E-state index in [1.807, 2.05) is 31.2 Å². The van der Waals surface area contributed by atoms with Crippen LogP contribution in [0.4, 0.5) is 36.4 Å². The minimum atomic E-state index is -4.55. The number of hydrogen-bond donors (Lipinski definition) is 2. The standard InChI is InChI=1S/C23H21F3N6O3/c1-13-5-2-3-8-17(13)28-22-30-18(29-21(27)31-22)12-35-20(34)14-9-19(33)32(11-14)16-7-4-6-15(10-16)23(24,25)26/h2-8,10,14H,9,11-12H2,1H3,(H3,27,28,29,30,31)/t14-/m1/s1. The number of ether oxygens (including phenoxy) is 1. The Morgan fingerprint density at radius 3 is 2.69 bits per heavy atom. The summed E-state index contributed by atoms with van der Waals surface area (Å²) in [6.07, 6.45) is -4.73. The molecule has 4 rings (SSSR count). The molecule has 0 saturated carbocycles. The smallest absolute Gasteiger partial charge is 0.416 e. The van der Waals surface area contributed by atoms with Crippen molar-refractivity contribution in [3.05, 3.63) is 65.5 Å². The lowest BCUT2D eigenvalue weighted by Crippen LogP contribution is -2.26. The number of carbonyl (C=O) groups is 2. The molecule has 1 fully saturated rings. The number of nitrogen functional groups attached to an aromatic ring is 1. The summed E-state index contributed by atoms with van der Waals surface area (Å²) in [6.45, 7) is 1.49. The zero-order valence-corrected chi connectivity index (χ0v) is 18.5. The average molecular weight is 486 g/mol. The second-order valence-corrected chi connectivity index (χ2v) is 7.93. The Kier molecular flexibility index (Phi) is 6.54. The monoisotopic (exact) mass is 486 g/mol. The summed E-state index contributed by atoms with van der Waals surface area (Å²) in [7, 11) is 0. The van der Waals surface area contributed by atoms with Gasteiger partial charge in [-0.15, -0.1) is 0 Å². The summed E-state index contributed by atoms with van der Waals surface area (Å²) < 4.78 is 44.3. The Morgan fingerprint density at radius 1 is 1.17 bits per heavy atom. The first kappa shape index (κ1) is 23.9. The lowest BCUT2D eigenvalue weighted by Gasteiger charge is -2.18. The van der Waals surface area contributed by atoms with Crippen LogP contribution < -0.4 is 16.0 Å². The van der Waals surface area contributed by atoms with E-state index in [2.05, 4.69) is 20.3 Å². The SMILES string of the molecule is Cc1ccccc1Nc1nc(N)nc(COC(=O)[C@@H]2CC(=O)N(c3cccc(C(F)(F)F)c3)C2)n1. The fraction of sp³-hybridized carbons (Fsp3) is 0.261. The van der Waals surface area contributed by atoms with Crippen molar-refractivity contribution < 1.29 is 27.5 Å². The number of nitrogens with two attached hydrogens (primary N) is 1. The molecule has 1 aliphatic rings. The highest BCUT2D eigenvalue weighted by molar-refractivity contribution is 5.99. The molecule has 182 valence electrons. The van der Waals surface area contributed by atoms with Crippen LogP contribution in [0.25, 0.3) is 0 Å². The lowest BCUT2D eigenvalue weighted by molar-refractivity contribution is -0.150. The maximum atomic E-state index is 13.0. The predicted molar refractivity (Wildman–Crippen MR) is 120 cm³/mol. The van der Waals surface area contributed by atoms with Crippen molar-refractivity contribution in [2.24, 2.45) is 5.92 Å². The molecule has 2 heterocycles. The van der Waals surface area contributed by atoms with Gasteiger partial charge >= 0.3 is 12.1 Å².